The summed E-state index contributed by atoms with van der Waals surface area (Å²) in [5.74, 6) is -1.14. The third-order valence-corrected chi connectivity index (χ3v) is 16.3. The second kappa shape index (κ2) is 21.8. The van der Waals surface area contributed by atoms with Crippen molar-refractivity contribution in [1.29, 1.82) is 0 Å². The van der Waals surface area contributed by atoms with Crippen LogP contribution < -0.4 is 28.7 Å². The van der Waals surface area contributed by atoms with Crippen LogP contribution in [0.5, 0.6) is 23.0 Å². The normalized spacial score (nSPS) is 19.7. The average Bonchev–Trinajstić information content (AvgIpc) is 4.05. The van der Waals surface area contributed by atoms with Crippen molar-refractivity contribution in [2.45, 2.75) is 79.3 Å². The summed E-state index contributed by atoms with van der Waals surface area (Å²) in [7, 11) is -4.79. The predicted molar refractivity (Wildman–Crippen MR) is 256 cm³/mol. The van der Waals surface area contributed by atoms with Gasteiger partial charge in [0.15, 0.2) is 55.1 Å². The van der Waals surface area contributed by atoms with Gasteiger partial charge in [0.1, 0.15) is 13.2 Å². The van der Waals surface area contributed by atoms with E-state index in [-0.39, 0.29) is 68.5 Å². The minimum atomic E-state index is -3.79. The lowest BCUT2D eigenvalue weighted by Gasteiger charge is -2.31. The van der Waals surface area contributed by atoms with E-state index in [1.54, 1.807) is 36.4 Å². The van der Waals surface area contributed by atoms with Crippen LogP contribution in [-0.4, -0.2) is 151 Å². The Morgan fingerprint density at radius 2 is 0.958 bits per heavy atom. The number of fused-ring (bicyclic) bond motifs is 4. The van der Waals surface area contributed by atoms with Crippen molar-refractivity contribution in [1.82, 2.24) is 9.80 Å². The number of benzene rings is 4. The molecule has 0 bridgehead atoms. The molecule has 0 radical (unpaired) electrons. The van der Waals surface area contributed by atoms with Crippen molar-refractivity contribution in [3.8, 4) is 23.0 Å². The third kappa shape index (κ3) is 10.7. The van der Waals surface area contributed by atoms with E-state index >= 15 is 0 Å². The standard InChI is InChI=1S/C49H56N4O16S2/c1-64-40-28-34-38(52(46(56)36-18-12-20-50(36)44(34)54)48(58)68-24-26-70(60,61)32-14-6-3-7-15-32)30-42(40)66-22-10-5-11-23-67-43-31-39-35(29-41(43)65-2)45(55)51-21-13-19-37(51)47(57)53(39)49(59)69-25-27-71(62,63)33-16-8-4-9-17-33/h3-4,6-9,14-17,28-31,36-37,46-47,56-57H,5,10-13,18-27H2,1-2H3/t36-,37-,46-,47-/m0/s1. The maximum Gasteiger partial charge on any atom is 0.416 e. The molecule has 4 aliphatic heterocycles. The monoisotopic (exact) mass is 1020 g/mol. The molecule has 4 heterocycles. The zero-order chi connectivity index (χ0) is 50.5. The van der Waals surface area contributed by atoms with Gasteiger partial charge >= 0.3 is 12.2 Å². The Hall–Kier alpha value is -6.62. The first-order valence-electron chi connectivity index (χ1n) is 23.3. The van der Waals surface area contributed by atoms with Gasteiger partial charge in [-0.25, -0.2) is 36.2 Å². The highest BCUT2D eigenvalue weighted by Gasteiger charge is 2.47. The van der Waals surface area contributed by atoms with Gasteiger partial charge in [-0.2, -0.15) is 0 Å². The van der Waals surface area contributed by atoms with Crippen LogP contribution in [0.3, 0.4) is 0 Å². The van der Waals surface area contributed by atoms with Crippen LogP contribution in [0.2, 0.25) is 0 Å². The van der Waals surface area contributed by atoms with Gasteiger partial charge in [-0.05, 0) is 81.3 Å². The Labute approximate surface area is 411 Å². The number of ether oxygens (including phenoxy) is 6. The lowest BCUT2D eigenvalue weighted by Crippen LogP contribution is -2.51. The molecule has 0 aromatic heterocycles. The minimum absolute atomic E-state index is 0.00385. The number of carbonyl (C=O) groups is 4. The number of aliphatic hydroxyl groups excluding tert-OH is 2. The number of amides is 4. The zero-order valence-electron chi connectivity index (χ0n) is 39.2. The summed E-state index contributed by atoms with van der Waals surface area (Å²) in [5, 5.41) is 23.3. The molecule has 2 saturated heterocycles. The number of methoxy groups -OCH3 is 2. The summed E-state index contributed by atoms with van der Waals surface area (Å²) in [6.45, 7) is -0.0386. The van der Waals surface area contributed by atoms with E-state index in [1.165, 1.54) is 72.6 Å². The highest BCUT2D eigenvalue weighted by molar-refractivity contribution is 7.91. The first-order chi connectivity index (χ1) is 34.1. The van der Waals surface area contributed by atoms with Crippen LogP contribution in [0.15, 0.2) is 94.7 Å². The van der Waals surface area contributed by atoms with Crippen molar-refractivity contribution in [2.24, 2.45) is 0 Å². The summed E-state index contributed by atoms with van der Waals surface area (Å²) in [6, 6.07) is 19.7. The Morgan fingerprint density at radius 1 is 0.563 bits per heavy atom. The minimum Gasteiger partial charge on any atom is -0.493 e. The van der Waals surface area contributed by atoms with E-state index in [2.05, 4.69) is 0 Å². The van der Waals surface area contributed by atoms with Gasteiger partial charge in [0, 0.05) is 25.2 Å². The van der Waals surface area contributed by atoms with Gasteiger partial charge in [-0.1, -0.05) is 36.4 Å². The largest absolute Gasteiger partial charge is 0.493 e. The molecular weight excluding hydrogens is 965 g/mol. The van der Waals surface area contributed by atoms with E-state index in [0.717, 1.165) is 9.80 Å². The molecule has 0 spiro atoms. The van der Waals surface area contributed by atoms with E-state index in [9.17, 15) is 46.2 Å². The number of anilines is 2. The lowest BCUT2D eigenvalue weighted by atomic mass is 10.1. The quantitative estimate of drug-likeness (QED) is 0.124. The third-order valence-electron chi connectivity index (χ3n) is 12.9. The number of aliphatic hydroxyl groups is 2. The molecule has 2 fully saturated rings. The second-order valence-electron chi connectivity index (χ2n) is 17.3. The summed E-state index contributed by atoms with van der Waals surface area (Å²) < 4.78 is 86.0. The van der Waals surface area contributed by atoms with Crippen molar-refractivity contribution < 1.29 is 74.6 Å². The van der Waals surface area contributed by atoms with Gasteiger partial charge in [-0.15, -0.1) is 0 Å². The van der Waals surface area contributed by atoms with Crippen molar-refractivity contribution >= 4 is 55.1 Å². The molecule has 0 unspecified atom stereocenters. The second-order valence-corrected chi connectivity index (χ2v) is 21.5. The number of sulfone groups is 2. The van der Waals surface area contributed by atoms with Crippen molar-refractivity contribution in [3.63, 3.8) is 0 Å². The fraction of sp³-hybridized carbons (Fsp3) is 0.429. The molecule has 4 atom stereocenters. The van der Waals surface area contributed by atoms with E-state index < -0.39 is 92.9 Å². The highest BCUT2D eigenvalue weighted by Crippen LogP contribution is 2.43. The molecule has 0 aliphatic carbocycles. The maximum atomic E-state index is 13.9. The molecule has 0 saturated carbocycles. The van der Waals surface area contributed by atoms with E-state index in [4.69, 9.17) is 28.4 Å². The van der Waals surface area contributed by atoms with Crippen LogP contribution in [0, 0.1) is 0 Å². The van der Waals surface area contributed by atoms with Crippen LogP contribution >= 0.6 is 0 Å². The van der Waals surface area contributed by atoms with E-state index in [0.29, 0.717) is 58.0 Å². The summed E-state index contributed by atoms with van der Waals surface area (Å²) in [5.41, 5.74) is 0.129. The molecule has 22 heteroatoms. The average molecular weight is 1020 g/mol. The van der Waals surface area contributed by atoms with Gasteiger partial charge in [0.2, 0.25) is 0 Å². The van der Waals surface area contributed by atoms with Crippen LogP contribution in [0.25, 0.3) is 0 Å². The van der Waals surface area contributed by atoms with Crippen LogP contribution in [0.1, 0.15) is 65.7 Å². The summed E-state index contributed by atoms with van der Waals surface area (Å²) in [4.78, 5) is 60.4. The van der Waals surface area contributed by atoms with E-state index in [1.807, 2.05) is 0 Å². The predicted octanol–water partition coefficient (Wildman–Crippen LogP) is 5.04. The number of hydrogen-bond donors (Lipinski definition) is 2. The molecule has 4 aromatic rings. The molecule has 380 valence electrons. The molecule has 4 aliphatic rings. The summed E-state index contributed by atoms with van der Waals surface area (Å²) in [6.07, 6.45) is -1.57. The van der Waals surface area contributed by atoms with Gasteiger partial charge in [0.05, 0.1) is 83.3 Å². The molecular formula is C49H56N4O16S2. The van der Waals surface area contributed by atoms with Gasteiger partial charge < -0.3 is 48.4 Å². The number of hydrogen-bond acceptors (Lipinski definition) is 16. The highest BCUT2D eigenvalue weighted by atomic mass is 32.2. The first kappa shape index (κ1) is 50.8. The van der Waals surface area contributed by atoms with Crippen molar-refractivity contribution in [3.05, 3.63) is 96.1 Å². The number of unbranched alkanes of at least 4 members (excludes halogenated alkanes) is 2. The fourth-order valence-corrected chi connectivity index (χ4v) is 11.5. The topological polar surface area (TPSA) is 245 Å². The molecule has 4 aromatic carbocycles. The van der Waals surface area contributed by atoms with Crippen LogP contribution in [-0.2, 0) is 29.1 Å². The molecule has 4 amide bonds. The van der Waals surface area contributed by atoms with Crippen LogP contribution in [0.4, 0.5) is 21.0 Å². The number of nitrogens with zero attached hydrogens (tertiary/aromatic N) is 4. The Kier molecular flexibility index (Phi) is 15.6. The van der Waals surface area contributed by atoms with Gasteiger partial charge in [0.25, 0.3) is 11.8 Å². The lowest BCUT2D eigenvalue weighted by molar-refractivity contribution is 0.0493. The molecule has 20 nitrogen and oxygen atoms in total. The Morgan fingerprint density at radius 3 is 1.34 bits per heavy atom. The SMILES string of the molecule is COc1cc2c(cc1OCCCCCOc1cc3c(cc1OC)C(=O)N1CCC[C@H]1[C@H](O)N3C(=O)OCCS(=O)(=O)c1ccccc1)N(C(=O)OCCS(=O)(=O)c1ccccc1)[C@@H](O)[C@@H]1CCCN1C2=O. The van der Waals surface area contributed by atoms with Gasteiger partial charge in [-0.3, -0.25) is 9.59 Å². The van der Waals surface area contributed by atoms with Crippen molar-refractivity contribution in [2.75, 3.05) is 75.0 Å². The maximum absolute atomic E-state index is 13.9. The molecule has 8 rings (SSSR count). The zero-order valence-corrected chi connectivity index (χ0v) is 40.8. The summed E-state index contributed by atoms with van der Waals surface area (Å²) >= 11 is 0. The fourth-order valence-electron chi connectivity index (χ4n) is 9.30. The Balaban J connectivity index is 0.921. The molecule has 2 N–H and O–H groups in total. The first-order valence-corrected chi connectivity index (χ1v) is 26.6. The molecule has 71 heavy (non-hydrogen) atoms. The number of rotatable bonds is 18. The Bertz CT molecular complexity index is 2640. The number of carbonyl (C=O) groups excluding carboxylic acids is 4. The smallest absolute Gasteiger partial charge is 0.416 e.